The number of carbonyl (C=O) groups excluding carboxylic acids is 1. The summed E-state index contributed by atoms with van der Waals surface area (Å²) in [4.78, 5) is 22.5. The second kappa shape index (κ2) is 4.56. The van der Waals surface area contributed by atoms with Gasteiger partial charge in [-0.3, -0.25) is 14.8 Å². The van der Waals surface area contributed by atoms with Gasteiger partial charge in [-0.2, -0.15) is 0 Å². The van der Waals surface area contributed by atoms with Crippen molar-refractivity contribution in [3.05, 3.63) is 54.1 Å². The number of fused-ring (bicyclic) bond motifs is 1. The van der Waals surface area contributed by atoms with Crippen molar-refractivity contribution in [2.75, 3.05) is 11.4 Å². The summed E-state index contributed by atoms with van der Waals surface area (Å²) >= 11 is 0. The van der Waals surface area contributed by atoms with Crippen LogP contribution in [0.3, 0.4) is 0 Å². The molecule has 0 radical (unpaired) electrons. The minimum atomic E-state index is -0.00273. The fraction of sp³-hybridized carbons (Fsp3) is 0.214. The van der Waals surface area contributed by atoms with Gasteiger partial charge in [0.25, 0.3) is 5.91 Å². The van der Waals surface area contributed by atoms with Gasteiger partial charge in [0.1, 0.15) is 0 Å². The lowest BCUT2D eigenvalue weighted by Gasteiger charge is -2.28. The van der Waals surface area contributed by atoms with Crippen LogP contribution in [-0.4, -0.2) is 22.4 Å². The molecule has 3 rings (SSSR count). The van der Waals surface area contributed by atoms with Crippen LogP contribution in [0.2, 0.25) is 0 Å². The summed E-state index contributed by atoms with van der Waals surface area (Å²) in [5.74, 6) is -0.00273. The maximum Gasteiger partial charge on any atom is 0.259 e. The van der Waals surface area contributed by atoms with E-state index in [2.05, 4.69) is 9.97 Å². The number of rotatable bonds is 1. The lowest BCUT2D eigenvalue weighted by Crippen LogP contribution is -2.35. The molecule has 0 aliphatic carbocycles. The summed E-state index contributed by atoms with van der Waals surface area (Å²) < 4.78 is 0. The molecule has 3 heterocycles. The Bertz CT molecular complexity index is 568. The number of aryl methyl sites for hydroxylation is 1. The molecule has 0 saturated carbocycles. The summed E-state index contributed by atoms with van der Waals surface area (Å²) in [5.41, 5.74) is 2.55. The molecule has 18 heavy (non-hydrogen) atoms. The number of anilines is 1. The van der Waals surface area contributed by atoms with Gasteiger partial charge in [0.2, 0.25) is 0 Å². The Morgan fingerprint density at radius 1 is 1.22 bits per heavy atom. The molecule has 0 unspecified atom stereocenters. The highest BCUT2D eigenvalue weighted by Gasteiger charge is 2.23. The van der Waals surface area contributed by atoms with Crippen molar-refractivity contribution in [2.45, 2.75) is 12.8 Å². The molecule has 2 aromatic heterocycles. The Labute approximate surface area is 105 Å². The van der Waals surface area contributed by atoms with Crippen molar-refractivity contribution in [1.29, 1.82) is 0 Å². The van der Waals surface area contributed by atoms with Crippen LogP contribution >= 0.6 is 0 Å². The summed E-state index contributed by atoms with van der Waals surface area (Å²) in [6.45, 7) is 0.742. The molecule has 2 aromatic rings. The van der Waals surface area contributed by atoms with E-state index in [1.807, 2.05) is 12.1 Å². The highest BCUT2D eigenvalue weighted by Crippen LogP contribution is 2.26. The zero-order valence-corrected chi connectivity index (χ0v) is 9.91. The van der Waals surface area contributed by atoms with Crippen molar-refractivity contribution < 1.29 is 4.79 Å². The van der Waals surface area contributed by atoms with E-state index in [4.69, 9.17) is 0 Å². The molecule has 4 heteroatoms. The average molecular weight is 239 g/mol. The topological polar surface area (TPSA) is 46.1 Å². The van der Waals surface area contributed by atoms with E-state index >= 15 is 0 Å². The Balaban J connectivity index is 1.97. The first-order valence-electron chi connectivity index (χ1n) is 6.02. The lowest BCUT2D eigenvalue weighted by atomic mass is 10.1. The lowest BCUT2D eigenvalue weighted by molar-refractivity contribution is 0.0984. The normalized spacial score (nSPS) is 14.1. The van der Waals surface area contributed by atoms with Crippen molar-refractivity contribution in [3.8, 4) is 0 Å². The SMILES string of the molecule is O=C(c1cccnc1)N1CCCc2ncccc21. The zero-order valence-electron chi connectivity index (χ0n) is 9.91. The van der Waals surface area contributed by atoms with Crippen molar-refractivity contribution in [1.82, 2.24) is 9.97 Å². The first kappa shape index (κ1) is 10.9. The minimum absolute atomic E-state index is 0.00273. The predicted molar refractivity (Wildman–Crippen MR) is 68.5 cm³/mol. The van der Waals surface area contributed by atoms with Gasteiger partial charge in [-0.15, -0.1) is 0 Å². The van der Waals surface area contributed by atoms with Crippen LogP contribution in [0.4, 0.5) is 5.69 Å². The number of pyridine rings is 2. The first-order chi connectivity index (χ1) is 8.86. The number of carbonyl (C=O) groups is 1. The van der Waals surface area contributed by atoms with Gasteiger partial charge < -0.3 is 4.90 Å². The third-order valence-corrected chi connectivity index (χ3v) is 3.11. The third-order valence-electron chi connectivity index (χ3n) is 3.11. The van der Waals surface area contributed by atoms with Gasteiger partial charge in [0.05, 0.1) is 16.9 Å². The number of hydrogen-bond donors (Lipinski definition) is 0. The number of hydrogen-bond acceptors (Lipinski definition) is 3. The maximum atomic E-state index is 12.4. The fourth-order valence-corrected chi connectivity index (χ4v) is 2.25. The average Bonchev–Trinajstić information content (AvgIpc) is 2.47. The van der Waals surface area contributed by atoms with E-state index < -0.39 is 0 Å². The molecule has 1 aliphatic rings. The van der Waals surface area contributed by atoms with Gasteiger partial charge in [-0.1, -0.05) is 0 Å². The van der Waals surface area contributed by atoms with E-state index in [9.17, 15) is 4.79 Å². The van der Waals surface area contributed by atoms with Crippen molar-refractivity contribution in [3.63, 3.8) is 0 Å². The van der Waals surface area contributed by atoms with E-state index in [0.717, 1.165) is 30.8 Å². The zero-order chi connectivity index (χ0) is 12.4. The Hall–Kier alpha value is -2.23. The molecular formula is C14H13N3O. The van der Waals surface area contributed by atoms with Gasteiger partial charge in [-0.05, 0) is 37.1 Å². The Morgan fingerprint density at radius 2 is 2.11 bits per heavy atom. The molecule has 0 N–H and O–H groups in total. The quantitative estimate of drug-likeness (QED) is 0.765. The molecule has 0 aromatic carbocycles. The molecule has 1 amide bonds. The molecule has 0 fully saturated rings. The van der Waals surface area contributed by atoms with Crippen LogP contribution in [-0.2, 0) is 6.42 Å². The molecule has 1 aliphatic heterocycles. The largest absolute Gasteiger partial charge is 0.306 e. The van der Waals surface area contributed by atoms with Crippen LogP contribution in [0, 0.1) is 0 Å². The summed E-state index contributed by atoms with van der Waals surface area (Å²) in [6, 6.07) is 7.39. The van der Waals surface area contributed by atoms with Gasteiger partial charge >= 0.3 is 0 Å². The van der Waals surface area contributed by atoms with E-state index in [-0.39, 0.29) is 5.91 Å². The molecule has 0 atom stereocenters. The van der Waals surface area contributed by atoms with Crippen LogP contribution in [0.15, 0.2) is 42.9 Å². The third kappa shape index (κ3) is 1.86. The van der Waals surface area contributed by atoms with Gasteiger partial charge in [0.15, 0.2) is 0 Å². The second-order valence-corrected chi connectivity index (χ2v) is 4.27. The van der Waals surface area contributed by atoms with E-state index in [1.54, 1.807) is 35.6 Å². The van der Waals surface area contributed by atoms with Crippen LogP contribution in [0.25, 0.3) is 0 Å². The molecular weight excluding hydrogens is 226 g/mol. The smallest absolute Gasteiger partial charge is 0.259 e. The predicted octanol–water partition coefficient (Wildman–Crippen LogP) is 2.07. The van der Waals surface area contributed by atoms with Crippen molar-refractivity contribution in [2.24, 2.45) is 0 Å². The van der Waals surface area contributed by atoms with Gasteiger partial charge in [0, 0.05) is 25.1 Å². The van der Waals surface area contributed by atoms with Crippen LogP contribution < -0.4 is 4.90 Å². The van der Waals surface area contributed by atoms with Crippen LogP contribution in [0.5, 0.6) is 0 Å². The molecule has 0 spiro atoms. The van der Waals surface area contributed by atoms with Crippen LogP contribution in [0.1, 0.15) is 22.5 Å². The maximum absolute atomic E-state index is 12.4. The molecule has 90 valence electrons. The Kier molecular flexibility index (Phi) is 2.76. The Morgan fingerprint density at radius 3 is 2.94 bits per heavy atom. The second-order valence-electron chi connectivity index (χ2n) is 4.27. The molecule has 0 bridgehead atoms. The van der Waals surface area contributed by atoms with E-state index in [0.29, 0.717) is 5.56 Å². The monoisotopic (exact) mass is 239 g/mol. The minimum Gasteiger partial charge on any atom is -0.306 e. The number of amides is 1. The summed E-state index contributed by atoms with van der Waals surface area (Å²) in [7, 11) is 0. The highest BCUT2D eigenvalue weighted by atomic mass is 16.2. The fourth-order valence-electron chi connectivity index (χ4n) is 2.25. The highest BCUT2D eigenvalue weighted by molar-refractivity contribution is 6.06. The number of aromatic nitrogens is 2. The number of nitrogens with zero attached hydrogens (tertiary/aromatic N) is 3. The van der Waals surface area contributed by atoms with Gasteiger partial charge in [-0.25, -0.2) is 0 Å². The molecule has 4 nitrogen and oxygen atoms in total. The first-order valence-corrected chi connectivity index (χ1v) is 6.02. The molecule has 0 saturated heterocycles. The van der Waals surface area contributed by atoms with E-state index in [1.165, 1.54) is 0 Å². The summed E-state index contributed by atoms with van der Waals surface area (Å²) in [6.07, 6.45) is 6.94. The van der Waals surface area contributed by atoms with Crippen molar-refractivity contribution >= 4 is 11.6 Å². The summed E-state index contributed by atoms with van der Waals surface area (Å²) in [5, 5.41) is 0. The standard InChI is InChI=1S/C14H13N3O/c18-14(11-4-1-7-15-10-11)17-9-3-5-12-13(17)6-2-8-16-12/h1-2,4,6-8,10H,3,5,9H2.